The molecule has 0 radical (unpaired) electrons. The van der Waals surface area contributed by atoms with Gasteiger partial charge in [0.2, 0.25) is 0 Å². The van der Waals surface area contributed by atoms with E-state index in [1.807, 2.05) is 34.6 Å². The van der Waals surface area contributed by atoms with Crippen molar-refractivity contribution < 1.29 is 19.1 Å². The molecule has 0 unspecified atom stereocenters. The summed E-state index contributed by atoms with van der Waals surface area (Å²) in [5.41, 5.74) is 1.58. The largest absolute Gasteiger partial charge is 0.469 e. The average molecular weight is 283 g/mol. The molecule has 5 nitrogen and oxygen atoms in total. The standard InChI is InChI=1S/C15H25NO4/c1-9-11(10(2)13(17)19-6)7-8-12(9)16-14(18)20-15(3,4)5/h10,12H,7-8H2,1-6H3,(H,16,18)/t10-,12-/m0/s1. The summed E-state index contributed by atoms with van der Waals surface area (Å²) >= 11 is 0. The molecule has 114 valence electrons. The number of alkyl carbamates (subject to hydrolysis) is 1. The summed E-state index contributed by atoms with van der Waals surface area (Å²) in [5.74, 6) is -0.497. The molecule has 0 saturated heterocycles. The van der Waals surface area contributed by atoms with E-state index in [0.29, 0.717) is 0 Å². The molecule has 1 aliphatic carbocycles. The van der Waals surface area contributed by atoms with E-state index in [-0.39, 0.29) is 17.9 Å². The molecule has 0 spiro atoms. The fourth-order valence-corrected chi connectivity index (χ4v) is 2.44. The SMILES string of the molecule is COC(=O)[C@@H](C)C1=C(C)[C@@H](NC(=O)OC(C)(C)C)CC1. The van der Waals surface area contributed by atoms with E-state index in [4.69, 9.17) is 9.47 Å². The molecule has 0 aromatic carbocycles. The highest BCUT2D eigenvalue weighted by Gasteiger charge is 2.30. The number of esters is 1. The fraction of sp³-hybridized carbons (Fsp3) is 0.733. The van der Waals surface area contributed by atoms with E-state index in [1.165, 1.54) is 7.11 Å². The summed E-state index contributed by atoms with van der Waals surface area (Å²) < 4.78 is 10.0. The van der Waals surface area contributed by atoms with Crippen LogP contribution >= 0.6 is 0 Å². The van der Waals surface area contributed by atoms with Crippen molar-refractivity contribution in [3.05, 3.63) is 11.1 Å². The van der Waals surface area contributed by atoms with E-state index >= 15 is 0 Å². The molecule has 1 rings (SSSR count). The highest BCUT2D eigenvalue weighted by Crippen LogP contribution is 2.32. The second-order valence-corrected chi connectivity index (χ2v) is 6.19. The predicted molar refractivity (Wildman–Crippen MR) is 76.3 cm³/mol. The van der Waals surface area contributed by atoms with Crippen LogP contribution in [0.5, 0.6) is 0 Å². The maximum absolute atomic E-state index is 11.8. The third kappa shape index (κ3) is 4.25. The number of hydrogen-bond acceptors (Lipinski definition) is 4. The van der Waals surface area contributed by atoms with Crippen LogP contribution in [0, 0.1) is 5.92 Å². The second-order valence-electron chi connectivity index (χ2n) is 6.19. The zero-order valence-electron chi connectivity index (χ0n) is 13.2. The smallest absolute Gasteiger partial charge is 0.408 e. The molecule has 1 amide bonds. The van der Waals surface area contributed by atoms with Gasteiger partial charge in [-0.15, -0.1) is 0 Å². The molecule has 0 aromatic heterocycles. The molecule has 0 heterocycles. The van der Waals surface area contributed by atoms with Gasteiger partial charge in [0.15, 0.2) is 0 Å². The Morgan fingerprint density at radius 2 is 1.95 bits per heavy atom. The lowest BCUT2D eigenvalue weighted by molar-refractivity contribution is -0.143. The van der Waals surface area contributed by atoms with E-state index < -0.39 is 11.7 Å². The second kappa shape index (κ2) is 6.29. The van der Waals surface area contributed by atoms with Gasteiger partial charge in [0.1, 0.15) is 5.60 Å². The van der Waals surface area contributed by atoms with Crippen molar-refractivity contribution in [1.29, 1.82) is 0 Å². The molecular weight excluding hydrogens is 258 g/mol. The molecule has 20 heavy (non-hydrogen) atoms. The lowest BCUT2D eigenvalue weighted by atomic mass is 9.98. The first-order chi connectivity index (χ1) is 9.15. The van der Waals surface area contributed by atoms with Gasteiger partial charge in [-0.25, -0.2) is 4.79 Å². The normalized spacial score (nSPS) is 20.6. The number of methoxy groups -OCH3 is 1. The number of ether oxygens (including phenoxy) is 2. The summed E-state index contributed by atoms with van der Waals surface area (Å²) in [5, 5.41) is 2.86. The van der Waals surface area contributed by atoms with Crippen molar-refractivity contribution in [2.24, 2.45) is 5.92 Å². The molecule has 0 fully saturated rings. The number of carbonyl (C=O) groups is 2. The molecule has 0 saturated carbocycles. The minimum atomic E-state index is -0.511. The minimum Gasteiger partial charge on any atom is -0.469 e. The van der Waals surface area contributed by atoms with E-state index in [2.05, 4.69) is 5.32 Å². The Kier molecular flexibility index (Phi) is 5.20. The summed E-state index contributed by atoms with van der Waals surface area (Å²) in [6, 6.07) is -0.0630. The average Bonchev–Trinajstić information content (AvgIpc) is 2.66. The van der Waals surface area contributed by atoms with E-state index in [9.17, 15) is 9.59 Å². The fourth-order valence-electron chi connectivity index (χ4n) is 2.44. The molecule has 1 N–H and O–H groups in total. The van der Waals surface area contributed by atoms with E-state index in [1.54, 1.807) is 0 Å². The highest BCUT2D eigenvalue weighted by molar-refractivity contribution is 5.76. The molecule has 2 atom stereocenters. The Labute approximate surface area is 120 Å². The van der Waals surface area contributed by atoms with Gasteiger partial charge in [-0.05, 0) is 47.5 Å². The first kappa shape index (κ1) is 16.5. The van der Waals surface area contributed by atoms with Crippen LogP contribution < -0.4 is 5.32 Å². The number of amides is 1. The maximum atomic E-state index is 11.8. The number of hydrogen-bond donors (Lipinski definition) is 1. The van der Waals surface area contributed by atoms with Gasteiger partial charge in [-0.3, -0.25) is 4.79 Å². The van der Waals surface area contributed by atoms with Crippen molar-refractivity contribution in [2.45, 2.75) is 59.1 Å². The molecule has 0 bridgehead atoms. The predicted octanol–water partition coefficient (Wildman–Crippen LogP) is 2.80. The summed E-state index contributed by atoms with van der Waals surface area (Å²) in [6.45, 7) is 9.27. The third-order valence-corrected chi connectivity index (χ3v) is 3.50. The zero-order valence-corrected chi connectivity index (χ0v) is 13.2. The Hall–Kier alpha value is -1.52. The van der Waals surface area contributed by atoms with Crippen LogP contribution in [-0.2, 0) is 14.3 Å². The Balaban J connectivity index is 2.69. The summed E-state index contributed by atoms with van der Waals surface area (Å²) in [4.78, 5) is 23.4. The van der Waals surface area contributed by atoms with Crippen molar-refractivity contribution in [3.63, 3.8) is 0 Å². The van der Waals surface area contributed by atoms with Crippen LogP contribution in [0.2, 0.25) is 0 Å². The minimum absolute atomic E-state index is 0.0630. The van der Waals surface area contributed by atoms with Crippen LogP contribution in [0.15, 0.2) is 11.1 Å². The van der Waals surface area contributed by atoms with Gasteiger partial charge in [0, 0.05) is 0 Å². The van der Waals surface area contributed by atoms with Crippen molar-refractivity contribution in [2.75, 3.05) is 7.11 Å². The maximum Gasteiger partial charge on any atom is 0.408 e. The summed E-state index contributed by atoms with van der Waals surface area (Å²) in [7, 11) is 1.39. The number of nitrogens with one attached hydrogen (secondary N) is 1. The Bertz CT molecular complexity index is 420. The summed E-state index contributed by atoms with van der Waals surface area (Å²) in [6.07, 6.45) is 1.17. The lowest BCUT2D eigenvalue weighted by Gasteiger charge is -2.22. The van der Waals surface area contributed by atoms with Gasteiger partial charge < -0.3 is 14.8 Å². The molecular formula is C15H25NO4. The van der Waals surface area contributed by atoms with Crippen LogP contribution in [0.4, 0.5) is 4.79 Å². The topological polar surface area (TPSA) is 64.6 Å². The first-order valence-electron chi connectivity index (χ1n) is 6.92. The number of rotatable bonds is 3. The van der Waals surface area contributed by atoms with E-state index in [0.717, 1.165) is 24.0 Å². The van der Waals surface area contributed by atoms with Crippen molar-refractivity contribution in [3.8, 4) is 0 Å². The lowest BCUT2D eigenvalue weighted by Crippen LogP contribution is -2.38. The van der Waals surface area contributed by atoms with Crippen LogP contribution in [0.1, 0.15) is 47.5 Å². The zero-order chi connectivity index (χ0) is 15.5. The molecule has 0 aliphatic heterocycles. The Morgan fingerprint density at radius 1 is 1.35 bits per heavy atom. The van der Waals surface area contributed by atoms with Crippen LogP contribution in [-0.4, -0.2) is 30.8 Å². The van der Waals surface area contributed by atoms with Crippen molar-refractivity contribution in [1.82, 2.24) is 5.32 Å². The van der Waals surface area contributed by atoms with Gasteiger partial charge >= 0.3 is 12.1 Å². The van der Waals surface area contributed by atoms with Crippen molar-refractivity contribution >= 4 is 12.1 Å². The number of carbonyl (C=O) groups excluding carboxylic acids is 2. The molecule has 0 aromatic rings. The van der Waals surface area contributed by atoms with Gasteiger partial charge in [0.05, 0.1) is 19.1 Å². The monoisotopic (exact) mass is 283 g/mol. The third-order valence-electron chi connectivity index (χ3n) is 3.50. The van der Waals surface area contributed by atoms with Gasteiger partial charge in [-0.2, -0.15) is 0 Å². The van der Waals surface area contributed by atoms with Crippen LogP contribution in [0.25, 0.3) is 0 Å². The highest BCUT2D eigenvalue weighted by atomic mass is 16.6. The van der Waals surface area contributed by atoms with Gasteiger partial charge in [0.25, 0.3) is 0 Å². The quantitative estimate of drug-likeness (QED) is 0.639. The Morgan fingerprint density at radius 3 is 2.45 bits per heavy atom. The van der Waals surface area contributed by atoms with Crippen LogP contribution in [0.3, 0.4) is 0 Å². The first-order valence-corrected chi connectivity index (χ1v) is 6.92. The molecule has 1 aliphatic rings. The molecule has 5 heteroatoms. The van der Waals surface area contributed by atoms with Gasteiger partial charge in [-0.1, -0.05) is 11.1 Å².